The van der Waals surface area contributed by atoms with Crippen LogP contribution in [-0.2, 0) is 9.53 Å². The van der Waals surface area contributed by atoms with Crippen LogP contribution in [0.2, 0.25) is 0 Å². The number of rotatable bonds is 3. The fraction of sp³-hybridized carbons (Fsp3) is 0.533. The lowest BCUT2D eigenvalue weighted by atomic mass is 9.80. The average Bonchev–Trinajstić information content (AvgIpc) is 2.76. The van der Waals surface area contributed by atoms with Crippen LogP contribution in [-0.4, -0.2) is 31.1 Å². The smallest absolute Gasteiger partial charge is 0.320 e. The molecule has 0 radical (unpaired) electrons. The fourth-order valence-electron chi connectivity index (χ4n) is 2.53. The molecular weight excluding hydrogens is 226 g/mol. The summed E-state index contributed by atoms with van der Waals surface area (Å²) in [6.45, 7) is 3.35. The average molecular weight is 247 g/mol. The molecule has 1 saturated heterocycles. The number of carbonyl (C=O) groups is 1. The zero-order valence-corrected chi connectivity index (χ0v) is 11.2. The molecule has 1 heterocycles. The third-order valence-electron chi connectivity index (χ3n) is 3.59. The van der Waals surface area contributed by atoms with Crippen molar-refractivity contribution < 1.29 is 9.53 Å². The fourth-order valence-corrected chi connectivity index (χ4v) is 2.53. The number of carbonyl (C=O) groups excluding carboxylic acids is 1. The molecule has 3 heteroatoms. The Labute approximate surface area is 109 Å². The molecule has 0 bridgehead atoms. The molecule has 0 spiro atoms. The van der Waals surface area contributed by atoms with E-state index in [1.165, 1.54) is 12.1 Å². The molecule has 1 aliphatic carbocycles. The minimum absolute atomic E-state index is 0.140. The van der Waals surface area contributed by atoms with Crippen LogP contribution >= 0.6 is 0 Å². The third-order valence-corrected chi connectivity index (χ3v) is 3.59. The van der Waals surface area contributed by atoms with Crippen LogP contribution in [0, 0.1) is 5.41 Å². The van der Waals surface area contributed by atoms with Gasteiger partial charge in [-0.15, -0.1) is 0 Å². The molecule has 18 heavy (non-hydrogen) atoms. The number of ether oxygens (including phenoxy) is 1. The summed E-state index contributed by atoms with van der Waals surface area (Å²) in [7, 11) is 2.08. The Kier molecular flexibility index (Phi) is 3.90. The van der Waals surface area contributed by atoms with Gasteiger partial charge >= 0.3 is 5.97 Å². The molecule has 1 atom stereocenters. The highest BCUT2D eigenvalue weighted by Crippen LogP contribution is 2.35. The topological polar surface area (TPSA) is 29.5 Å². The molecule has 1 fully saturated rings. The van der Waals surface area contributed by atoms with Crippen molar-refractivity contribution in [1.29, 1.82) is 0 Å². The molecule has 0 aromatic carbocycles. The van der Waals surface area contributed by atoms with E-state index in [4.69, 9.17) is 4.74 Å². The molecule has 2 aliphatic rings. The summed E-state index contributed by atoms with van der Waals surface area (Å²) in [5, 5.41) is 0. The highest BCUT2D eigenvalue weighted by molar-refractivity contribution is 5.82. The van der Waals surface area contributed by atoms with Crippen LogP contribution in [0.25, 0.3) is 0 Å². The van der Waals surface area contributed by atoms with Gasteiger partial charge < -0.3 is 9.64 Å². The van der Waals surface area contributed by atoms with E-state index in [1.807, 2.05) is 31.2 Å². The summed E-state index contributed by atoms with van der Waals surface area (Å²) in [4.78, 5) is 14.5. The number of hydrogen-bond donors (Lipinski definition) is 0. The molecule has 3 nitrogen and oxygen atoms in total. The van der Waals surface area contributed by atoms with E-state index in [1.54, 1.807) is 0 Å². The standard InChI is InChI=1S/C15H21NO2/c1-3-18-14(17)15(9-5-4-6-10-15)12-13-8-7-11-16(13)2/h4-6,9,12H,3,7-8,10-11H2,1-2H3. The summed E-state index contributed by atoms with van der Waals surface area (Å²) in [5.74, 6) is -0.140. The van der Waals surface area contributed by atoms with E-state index in [0.717, 1.165) is 13.0 Å². The van der Waals surface area contributed by atoms with Gasteiger partial charge in [-0.25, -0.2) is 0 Å². The second kappa shape index (κ2) is 5.42. The largest absolute Gasteiger partial charge is 0.465 e. The number of likely N-dealkylation sites (tertiary alicyclic amines) is 1. The van der Waals surface area contributed by atoms with Crippen molar-refractivity contribution >= 4 is 5.97 Å². The predicted molar refractivity (Wildman–Crippen MR) is 71.9 cm³/mol. The first-order chi connectivity index (χ1) is 8.68. The number of nitrogens with zero attached hydrogens (tertiary/aromatic N) is 1. The quantitative estimate of drug-likeness (QED) is 0.718. The van der Waals surface area contributed by atoms with Crippen LogP contribution in [0.15, 0.2) is 36.1 Å². The zero-order valence-electron chi connectivity index (χ0n) is 11.2. The predicted octanol–water partition coefficient (Wildman–Crippen LogP) is 2.66. The lowest BCUT2D eigenvalue weighted by Gasteiger charge is -2.27. The summed E-state index contributed by atoms with van der Waals surface area (Å²) in [6, 6.07) is 0. The van der Waals surface area contributed by atoms with Crippen molar-refractivity contribution in [2.75, 3.05) is 20.2 Å². The van der Waals surface area contributed by atoms with Crippen molar-refractivity contribution in [3.8, 4) is 0 Å². The van der Waals surface area contributed by atoms with Crippen LogP contribution < -0.4 is 0 Å². The van der Waals surface area contributed by atoms with Gasteiger partial charge in [-0.05, 0) is 32.3 Å². The van der Waals surface area contributed by atoms with Crippen molar-refractivity contribution in [3.05, 3.63) is 36.1 Å². The lowest BCUT2D eigenvalue weighted by Crippen LogP contribution is -2.31. The van der Waals surface area contributed by atoms with Gasteiger partial charge in [-0.3, -0.25) is 4.79 Å². The van der Waals surface area contributed by atoms with Crippen molar-refractivity contribution in [3.63, 3.8) is 0 Å². The molecule has 0 amide bonds. The highest BCUT2D eigenvalue weighted by atomic mass is 16.5. The van der Waals surface area contributed by atoms with Gasteiger partial charge in [0.25, 0.3) is 0 Å². The minimum Gasteiger partial charge on any atom is -0.465 e. The Hall–Kier alpha value is -1.51. The van der Waals surface area contributed by atoms with E-state index in [-0.39, 0.29) is 5.97 Å². The van der Waals surface area contributed by atoms with E-state index in [2.05, 4.69) is 18.0 Å². The van der Waals surface area contributed by atoms with Gasteiger partial charge in [0.05, 0.1) is 6.61 Å². The SMILES string of the molecule is CCOC(=O)C1(C=C2CCCN2C)C=CC=CC1. The third kappa shape index (κ3) is 2.50. The van der Waals surface area contributed by atoms with Gasteiger partial charge in [-0.1, -0.05) is 24.3 Å². The van der Waals surface area contributed by atoms with Crippen LogP contribution in [0.1, 0.15) is 26.2 Å². The van der Waals surface area contributed by atoms with Gasteiger partial charge in [0.15, 0.2) is 0 Å². The second-order valence-electron chi connectivity index (χ2n) is 4.91. The summed E-state index contributed by atoms with van der Waals surface area (Å²) in [5.41, 5.74) is 0.654. The van der Waals surface area contributed by atoms with Gasteiger partial charge in [0.1, 0.15) is 5.41 Å². The van der Waals surface area contributed by atoms with E-state index in [0.29, 0.717) is 13.0 Å². The highest BCUT2D eigenvalue weighted by Gasteiger charge is 2.36. The molecular formula is C15H21NO2. The van der Waals surface area contributed by atoms with Gasteiger partial charge in [-0.2, -0.15) is 0 Å². The van der Waals surface area contributed by atoms with Gasteiger partial charge in [0.2, 0.25) is 0 Å². The zero-order chi connectivity index (χ0) is 13.0. The maximum absolute atomic E-state index is 12.2. The molecule has 0 aromatic rings. The molecule has 2 rings (SSSR count). The minimum atomic E-state index is -0.599. The Balaban J connectivity index is 2.28. The first-order valence-electron chi connectivity index (χ1n) is 6.62. The molecule has 1 aliphatic heterocycles. The molecule has 1 unspecified atom stereocenters. The molecule has 0 aromatic heterocycles. The normalized spacial score (nSPS) is 29.0. The Morgan fingerprint density at radius 3 is 2.94 bits per heavy atom. The van der Waals surface area contributed by atoms with Crippen molar-refractivity contribution in [2.45, 2.75) is 26.2 Å². The van der Waals surface area contributed by atoms with Gasteiger partial charge in [0, 0.05) is 19.3 Å². The maximum Gasteiger partial charge on any atom is 0.320 e. The van der Waals surface area contributed by atoms with Crippen molar-refractivity contribution in [1.82, 2.24) is 4.90 Å². The van der Waals surface area contributed by atoms with E-state index >= 15 is 0 Å². The number of hydrogen-bond acceptors (Lipinski definition) is 3. The number of allylic oxidation sites excluding steroid dienone is 4. The lowest BCUT2D eigenvalue weighted by molar-refractivity contribution is -0.149. The van der Waals surface area contributed by atoms with Crippen molar-refractivity contribution in [2.24, 2.45) is 5.41 Å². The van der Waals surface area contributed by atoms with Crippen LogP contribution in [0.3, 0.4) is 0 Å². The Morgan fingerprint density at radius 1 is 1.56 bits per heavy atom. The monoisotopic (exact) mass is 247 g/mol. The molecule has 0 N–H and O–H groups in total. The molecule has 0 saturated carbocycles. The Bertz CT molecular complexity index is 409. The van der Waals surface area contributed by atoms with E-state index < -0.39 is 5.41 Å². The maximum atomic E-state index is 12.2. The van der Waals surface area contributed by atoms with Crippen LogP contribution in [0.5, 0.6) is 0 Å². The van der Waals surface area contributed by atoms with Crippen LogP contribution in [0.4, 0.5) is 0 Å². The Morgan fingerprint density at radius 2 is 2.39 bits per heavy atom. The molecule has 98 valence electrons. The summed E-state index contributed by atoms with van der Waals surface area (Å²) in [6.07, 6.45) is 12.9. The first-order valence-corrected chi connectivity index (χ1v) is 6.62. The van der Waals surface area contributed by atoms with E-state index in [9.17, 15) is 4.79 Å². The summed E-state index contributed by atoms with van der Waals surface area (Å²) < 4.78 is 5.24. The number of esters is 1. The first kappa shape index (κ1) is 12.9. The summed E-state index contributed by atoms with van der Waals surface area (Å²) >= 11 is 0. The second-order valence-corrected chi connectivity index (χ2v) is 4.91.